The van der Waals surface area contributed by atoms with E-state index in [9.17, 15) is 5.11 Å². The summed E-state index contributed by atoms with van der Waals surface area (Å²) < 4.78 is 0. The Balaban J connectivity index is 1.97. The largest absolute Gasteiger partial charge is 0.394 e. The molecule has 2 nitrogen and oxygen atoms in total. The minimum atomic E-state index is 0.0867. The zero-order chi connectivity index (χ0) is 11.7. The van der Waals surface area contributed by atoms with Crippen LogP contribution in [0, 0.1) is 0 Å². The van der Waals surface area contributed by atoms with Gasteiger partial charge in [-0.15, -0.1) is 0 Å². The Morgan fingerprint density at radius 3 is 2.31 bits per heavy atom. The van der Waals surface area contributed by atoms with E-state index in [1.807, 2.05) is 0 Å². The van der Waals surface area contributed by atoms with E-state index < -0.39 is 0 Å². The third kappa shape index (κ3) is 4.84. The van der Waals surface area contributed by atoms with E-state index in [0.29, 0.717) is 6.61 Å². The number of rotatable bonds is 9. The second-order valence-electron chi connectivity index (χ2n) is 5.34. The zero-order valence-corrected chi connectivity index (χ0v) is 10.9. The maximum absolute atomic E-state index is 9.43. The molecule has 16 heavy (non-hydrogen) atoms. The Labute approximate surface area is 101 Å². The summed E-state index contributed by atoms with van der Waals surface area (Å²) in [5, 5.41) is 12.9. The topological polar surface area (TPSA) is 32.3 Å². The molecule has 0 spiro atoms. The molecule has 0 aliphatic carbocycles. The smallest absolute Gasteiger partial charge is 0.0613 e. The first kappa shape index (κ1) is 14.0. The molecule has 1 atom stereocenters. The summed E-state index contributed by atoms with van der Waals surface area (Å²) in [6, 6.07) is 0. The molecule has 1 fully saturated rings. The molecule has 1 rings (SSSR count). The van der Waals surface area contributed by atoms with Crippen molar-refractivity contribution in [2.45, 2.75) is 76.7 Å². The highest BCUT2D eigenvalue weighted by molar-refractivity contribution is 4.92. The lowest BCUT2D eigenvalue weighted by molar-refractivity contribution is 0.165. The van der Waals surface area contributed by atoms with Crippen molar-refractivity contribution >= 4 is 0 Å². The van der Waals surface area contributed by atoms with Crippen molar-refractivity contribution in [1.29, 1.82) is 0 Å². The summed E-state index contributed by atoms with van der Waals surface area (Å²) in [6.07, 6.45) is 13.1. The zero-order valence-electron chi connectivity index (χ0n) is 10.9. The van der Waals surface area contributed by atoms with Crippen LogP contribution in [-0.4, -0.2) is 23.8 Å². The molecular formula is C14H29NO. The molecule has 96 valence electrons. The molecule has 0 bridgehead atoms. The molecule has 1 unspecified atom stereocenters. The van der Waals surface area contributed by atoms with Gasteiger partial charge in [-0.25, -0.2) is 0 Å². The van der Waals surface area contributed by atoms with E-state index in [2.05, 4.69) is 12.2 Å². The van der Waals surface area contributed by atoms with Gasteiger partial charge in [0.25, 0.3) is 0 Å². The summed E-state index contributed by atoms with van der Waals surface area (Å²) >= 11 is 0. The van der Waals surface area contributed by atoms with Crippen LogP contribution in [0.25, 0.3) is 0 Å². The second-order valence-corrected chi connectivity index (χ2v) is 5.34. The number of hydrogen-bond acceptors (Lipinski definition) is 2. The lowest BCUT2D eigenvalue weighted by Gasteiger charge is -2.27. The van der Waals surface area contributed by atoms with Gasteiger partial charge in [0.15, 0.2) is 0 Å². The average molecular weight is 227 g/mol. The van der Waals surface area contributed by atoms with Crippen LogP contribution in [0.3, 0.4) is 0 Å². The average Bonchev–Trinajstić information content (AvgIpc) is 2.77. The van der Waals surface area contributed by atoms with Gasteiger partial charge < -0.3 is 10.4 Å². The van der Waals surface area contributed by atoms with Crippen molar-refractivity contribution in [2.75, 3.05) is 13.2 Å². The Morgan fingerprint density at radius 1 is 1.06 bits per heavy atom. The fourth-order valence-electron chi connectivity index (χ4n) is 2.72. The van der Waals surface area contributed by atoms with E-state index in [1.54, 1.807) is 0 Å². The van der Waals surface area contributed by atoms with Crippen LogP contribution in [0.4, 0.5) is 0 Å². The van der Waals surface area contributed by atoms with E-state index in [4.69, 9.17) is 0 Å². The van der Waals surface area contributed by atoms with Gasteiger partial charge in [0, 0.05) is 5.54 Å². The Kier molecular flexibility index (Phi) is 7.06. The first-order chi connectivity index (χ1) is 7.83. The number of aliphatic hydroxyl groups excluding tert-OH is 1. The molecule has 0 saturated carbocycles. The molecule has 1 aliphatic rings. The maximum atomic E-state index is 9.43. The van der Waals surface area contributed by atoms with Gasteiger partial charge in [0.1, 0.15) is 0 Å². The molecular weight excluding hydrogens is 198 g/mol. The fourth-order valence-corrected chi connectivity index (χ4v) is 2.72. The Bertz CT molecular complexity index is 164. The lowest BCUT2D eigenvalue weighted by Crippen LogP contribution is -2.43. The first-order valence-corrected chi connectivity index (χ1v) is 7.19. The minimum Gasteiger partial charge on any atom is -0.394 e. The number of unbranched alkanes of at least 4 members (excludes halogenated alkanes) is 6. The molecule has 0 radical (unpaired) electrons. The van der Waals surface area contributed by atoms with E-state index in [-0.39, 0.29) is 5.54 Å². The number of nitrogens with one attached hydrogen (secondary N) is 1. The summed E-state index contributed by atoms with van der Waals surface area (Å²) in [4.78, 5) is 0. The second kappa shape index (κ2) is 8.08. The minimum absolute atomic E-state index is 0.0867. The monoisotopic (exact) mass is 227 g/mol. The molecule has 1 saturated heterocycles. The quantitative estimate of drug-likeness (QED) is 0.593. The van der Waals surface area contributed by atoms with Crippen molar-refractivity contribution < 1.29 is 5.11 Å². The third-order valence-electron chi connectivity index (χ3n) is 3.89. The third-order valence-corrected chi connectivity index (χ3v) is 3.89. The molecule has 1 heterocycles. The van der Waals surface area contributed by atoms with Crippen molar-refractivity contribution in [3.63, 3.8) is 0 Å². The SMILES string of the molecule is CCCCCCCCCC1(CO)CCCN1. The number of hydrogen-bond donors (Lipinski definition) is 2. The van der Waals surface area contributed by atoms with Crippen LogP contribution in [0.2, 0.25) is 0 Å². The van der Waals surface area contributed by atoms with Crippen LogP contribution in [0.1, 0.15) is 71.1 Å². The predicted molar refractivity (Wildman–Crippen MR) is 69.7 cm³/mol. The molecule has 0 aromatic heterocycles. The van der Waals surface area contributed by atoms with Crippen LogP contribution in [0.5, 0.6) is 0 Å². The van der Waals surface area contributed by atoms with Gasteiger partial charge in [-0.2, -0.15) is 0 Å². The highest BCUT2D eigenvalue weighted by Crippen LogP contribution is 2.25. The summed E-state index contributed by atoms with van der Waals surface area (Å²) in [5.74, 6) is 0. The van der Waals surface area contributed by atoms with Crippen molar-refractivity contribution in [1.82, 2.24) is 5.32 Å². The molecule has 1 aliphatic heterocycles. The van der Waals surface area contributed by atoms with Crippen molar-refractivity contribution in [2.24, 2.45) is 0 Å². The van der Waals surface area contributed by atoms with E-state index in [1.165, 1.54) is 57.8 Å². The van der Waals surface area contributed by atoms with Crippen LogP contribution >= 0.6 is 0 Å². The van der Waals surface area contributed by atoms with Gasteiger partial charge in [-0.3, -0.25) is 0 Å². The molecule has 2 heteroatoms. The molecule has 2 N–H and O–H groups in total. The Hall–Kier alpha value is -0.0800. The van der Waals surface area contributed by atoms with Gasteiger partial charge in [0.05, 0.1) is 6.61 Å². The highest BCUT2D eigenvalue weighted by atomic mass is 16.3. The van der Waals surface area contributed by atoms with Crippen LogP contribution in [-0.2, 0) is 0 Å². The summed E-state index contributed by atoms with van der Waals surface area (Å²) in [7, 11) is 0. The maximum Gasteiger partial charge on any atom is 0.0613 e. The number of aliphatic hydroxyl groups is 1. The van der Waals surface area contributed by atoms with Gasteiger partial charge in [0.2, 0.25) is 0 Å². The lowest BCUT2D eigenvalue weighted by atomic mass is 9.91. The van der Waals surface area contributed by atoms with Crippen molar-refractivity contribution in [3.8, 4) is 0 Å². The van der Waals surface area contributed by atoms with Crippen LogP contribution in [0.15, 0.2) is 0 Å². The van der Waals surface area contributed by atoms with Gasteiger partial charge in [-0.1, -0.05) is 51.9 Å². The van der Waals surface area contributed by atoms with Gasteiger partial charge in [-0.05, 0) is 25.8 Å². The predicted octanol–water partition coefficient (Wildman–Crippen LogP) is 3.24. The molecule has 0 amide bonds. The van der Waals surface area contributed by atoms with Gasteiger partial charge >= 0.3 is 0 Å². The van der Waals surface area contributed by atoms with Crippen LogP contribution < -0.4 is 5.32 Å². The van der Waals surface area contributed by atoms with E-state index >= 15 is 0 Å². The Morgan fingerprint density at radius 2 is 1.75 bits per heavy atom. The van der Waals surface area contributed by atoms with Crippen molar-refractivity contribution in [3.05, 3.63) is 0 Å². The normalized spacial score (nSPS) is 25.1. The molecule has 0 aromatic rings. The standard InChI is InChI=1S/C14H29NO/c1-2-3-4-5-6-7-8-10-14(13-16)11-9-12-15-14/h15-16H,2-13H2,1H3. The fraction of sp³-hybridized carbons (Fsp3) is 1.00. The summed E-state index contributed by atoms with van der Waals surface area (Å²) in [5.41, 5.74) is 0.0867. The molecule has 0 aromatic carbocycles. The highest BCUT2D eigenvalue weighted by Gasteiger charge is 2.31. The first-order valence-electron chi connectivity index (χ1n) is 7.19. The summed E-state index contributed by atoms with van der Waals surface area (Å²) in [6.45, 7) is 3.68. The van der Waals surface area contributed by atoms with E-state index in [0.717, 1.165) is 13.0 Å².